The molecule has 0 amide bonds. The summed E-state index contributed by atoms with van der Waals surface area (Å²) in [6, 6.07) is 3.38. The Morgan fingerprint density at radius 3 is 2.40 bits per heavy atom. The molecule has 1 aromatic carbocycles. The number of benzene rings is 1. The van der Waals surface area contributed by atoms with Crippen molar-refractivity contribution in [3.8, 4) is 5.75 Å². The molecule has 1 aromatic rings. The molecule has 0 aliphatic rings. The minimum Gasteiger partial charge on any atom is -0.508 e. The van der Waals surface area contributed by atoms with E-state index in [4.69, 9.17) is 5.11 Å². The number of thiol groups is 1. The van der Waals surface area contributed by atoms with Gasteiger partial charge >= 0.3 is 0 Å². The fourth-order valence-electron chi connectivity index (χ4n) is 0.822. The zero-order valence-corrected chi connectivity index (χ0v) is 6.94. The summed E-state index contributed by atoms with van der Waals surface area (Å²) in [5.41, 5.74) is 2.20. The van der Waals surface area contributed by atoms with E-state index in [2.05, 4.69) is 12.6 Å². The molecule has 0 fully saturated rings. The van der Waals surface area contributed by atoms with E-state index in [0.29, 0.717) is 0 Å². The first-order chi connectivity index (χ1) is 4.61. The van der Waals surface area contributed by atoms with Crippen LogP contribution >= 0.6 is 12.6 Å². The molecule has 0 atom stereocenters. The van der Waals surface area contributed by atoms with Crippen molar-refractivity contribution in [1.82, 2.24) is 0 Å². The molecular weight excluding hydrogens is 144 g/mol. The number of phenols is 1. The van der Waals surface area contributed by atoms with Crippen LogP contribution in [0.5, 0.6) is 5.75 Å². The van der Waals surface area contributed by atoms with Gasteiger partial charge in [-0.2, -0.15) is 0 Å². The molecule has 0 saturated heterocycles. The molecule has 1 rings (SSSR count). The van der Waals surface area contributed by atoms with Crippen molar-refractivity contribution < 1.29 is 5.11 Å². The average molecular weight is 154 g/mol. The summed E-state index contributed by atoms with van der Waals surface area (Å²) in [4.78, 5) is 0.845. The molecule has 0 bridgehead atoms. The van der Waals surface area contributed by atoms with Gasteiger partial charge in [0, 0.05) is 4.90 Å². The van der Waals surface area contributed by atoms with E-state index in [9.17, 15) is 0 Å². The second-order valence-electron chi connectivity index (χ2n) is 2.41. The zero-order valence-electron chi connectivity index (χ0n) is 6.05. The monoisotopic (exact) mass is 154 g/mol. The predicted octanol–water partition coefficient (Wildman–Crippen LogP) is 2.30. The maximum absolute atomic E-state index is 9.07. The Labute approximate surface area is 66.1 Å². The van der Waals surface area contributed by atoms with Gasteiger partial charge in [0.05, 0.1) is 0 Å². The lowest BCUT2D eigenvalue weighted by atomic mass is 10.1. The largest absolute Gasteiger partial charge is 0.508 e. The third-order valence-electron chi connectivity index (χ3n) is 1.62. The van der Waals surface area contributed by atoms with Gasteiger partial charge in [-0.1, -0.05) is 0 Å². The summed E-state index contributed by atoms with van der Waals surface area (Å²) in [7, 11) is 0. The van der Waals surface area contributed by atoms with Crippen molar-refractivity contribution in [2.45, 2.75) is 18.7 Å². The Balaban J connectivity index is 3.31. The highest BCUT2D eigenvalue weighted by atomic mass is 32.1. The summed E-state index contributed by atoms with van der Waals surface area (Å²) in [5.74, 6) is 0.285. The van der Waals surface area contributed by atoms with Crippen LogP contribution in [0.3, 0.4) is 0 Å². The van der Waals surface area contributed by atoms with Crippen molar-refractivity contribution in [2.24, 2.45) is 0 Å². The Hall–Kier alpha value is -0.630. The predicted molar refractivity (Wildman–Crippen MR) is 44.8 cm³/mol. The highest BCUT2D eigenvalue weighted by molar-refractivity contribution is 7.80. The number of hydrogen-bond acceptors (Lipinski definition) is 2. The van der Waals surface area contributed by atoms with Crippen LogP contribution in [0.15, 0.2) is 17.0 Å². The van der Waals surface area contributed by atoms with Gasteiger partial charge in [0.1, 0.15) is 5.75 Å². The summed E-state index contributed by atoms with van der Waals surface area (Å²) in [5, 5.41) is 9.07. The van der Waals surface area contributed by atoms with Crippen LogP contribution in [0.2, 0.25) is 0 Å². The van der Waals surface area contributed by atoms with Crippen LogP contribution in [-0.2, 0) is 0 Å². The van der Waals surface area contributed by atoms with E-state index in [1.807, 2.05) is 13.8 Å². The molecule has 0 spiro atoms. The van der Waals surface area contributed by atoms with Crippen LogP contribution < -0.4 is 0 Å². The molecular formula is C8H10OS. The Bertz CT molecular complexity index is 232. The van der Waals surface area contributed by atoms with Crippen molar-refractivity contribution in [3.05, 3.63) is 23.3 Å². The first-order valence-corrected chi connectivity index (χ1v) is 3.55. The van der Waals surface area contributed by atoms with E-state index < -0.39 is 0 Å². The minimum atomic E-state index is 0.285. The van der Waals surface area contributed by atoms with Crippen LogP contribution in [0.25, 0.3) is 0 Å². The third kappa shape index (κ3) is 1.27. The number of aryl methyl sites for hydroxylation is 1. The molecule has 0 unspecified atom stereocenters. The molecule has 1 nitrogen and oxygen atoms in total. The van der Waals surface area contributed by atoms with Gasteiger partial charge in [-0.25, -0.2) is 0 Å². The smallest absolute Gasteiger partial charge is 0.116 e. The molecule has 54 valence electrons. The van der Waals surface area contributed by atoms with E-state index in [1.165, 1.54) is 0 Å². The summed E-state index contributed by atoms with van der Waals surface area (Å²) in [6.07, 6.45) is 0. The van der Waals surface area contributed by atoms with E-state index in [0.717, 1.165) is 16.0 Å². The fraction of sp³-hybridized carbons (Fsp3) is 0.250. The summed E-state index contributed by atoms with van der Waals surface area (Å²) >= 11 is 4.18. The van der Waals surface area contributed by atoms with E-state index in [-0.39, 0.29) is 5.75 Å². The molecule has 2 heteroatoms. The lowest BCUT2D eigenvalue weighted by Crippen LogP contribution is -1.81. The highest BCUT2D eigenvalue weighted by Crippen LogP contribution is 2.22. The Morgan fingerprint density at radius 1 is 1.30 bits per heavy atom. The molecule has 0 aliphatic carbocycles. The van der Waals surface area contributed by atoms with Gasteiger partial charge in [-0.3, -0.25) is 0 Å². The lowest BCUT2D eigenvalue weighted by Gasteiger charge is -2.02. The van der Waals surface area contributed by atoms with Gasteiger partial charge in [0.25, 0.3) is 0 Å². The SMILES string of the molecule is Cc1cc(O)cc(S)c1C. The van der Waals surface area contributed by atoms with Gasteiger partial charge in [0.2, 0.25) is 0 Å². The summed E-state index contributed by atoms with van der Waals surface area (Å²) < 4.78 is 0. The van der Waals surface area contributed by atoms with Crippen molar-refractivity contribution in [3.63, 3.8) is 0 Å². The number of hydrogen-bond donors (Lipinski definition) is 2. The third-order valence-corrected chi connectivity index (χ3v) is 2.09. The average Bonchev–Trinajstić information content (AvgIpc) is 1.82. The van der Waals surface area contributed by atoms with E-state index in [1.54, 1.807) is 12.1 Å². The van der Waals surface area contributed by atoms with Gasteiger partial charge in [0.15, 0.2) is 0 Å². The number of phenolic OH excluding ortho intramolecular Hbond substituents is 1. The van der Waals surface area contributed by atoms with Gasteiger partial charge in [-0.05, 0) is 37.1 Å². The van der Waals surface area contributed by atoms with Crippen LogP contribution in [0.4, 0.5) is 0 Å². The number of rotatable bonds is 0. The Morgan fingerprint density at radius 2 is 1.90 bits per heavy atom. The standard InChI is InChI=1S/C8H10OS/c1-5-3-7(9)4-8(10)6(5)2/h3-4,9-10H,1-2H3. The fourth-order valence-corrected chi connectivity index (χ4v) is 1.13. The van der Waals surface area contributed by atoms with Crippen molar-refractivity contribution >= 4 is 12.6 Å². The molecule has 0 aliphatic heterocycles. The molecule has 0 saturated carbocycles. The maximum atomic E-state index is 9.07. The van der Waals surface area contributed by atoms with Crippen LogP contribution in [-0.4, -0.2) is 5.11 Å². The zero-order chi connectivity index (χ0) is 7.72. The van der Waals surface area contributed by atoms with Gasteiger partial charge < -0.3 is 5.11 Å². The molecule has 0 radical (unpaired) electrons. The number of aromatic hydroxyl groups is 1. The highest BCUT2D eigenvalue weighted by Gasteiger charge is 1.98. The quantitative estimate of drug-likeness (QED) is 0.549. The first kappa shape index (κ1) is 7.48. The van der Waals surface area contributed by atoms with Gasteiger partial charge in [-0.15, -0.1) is 12.6 Å². The van der Waals surface area contributed by atoms with Crippen LogP contribution in [0, 0.1) is 13.8 Å². The molecule has 0 heterocycles. The maximum Gasteiger partial charge on any atom is 0.116 e. The molecule has 10 heavy (non-hydrogen) atoms. The Kier molecular flexibility index (Phi) is 1.90. The van der Waals surface area contributed by atoms with Crippen molar-refractivity contribution in [2.75, 3.05) is 0 Å². The second kappa shape index (κ2) is 2.54. The minimum absolute atomic E-state index is 0.285. The normalized spacial score (nSPS) is 9.90. The lowest BCUT2D eigenvalue weighted by molar-refractivity contribution is 0.473. The summed E-state index contributed by atoms with van der Waals surface area (Å²) in [6.45, 7) is 3.94. The van der Waals surface area contributed by atoms with Crippen molar-refractivity contribution in [1.29, 1.82) is 0 Å². The van der Waals surface area contributed by atoms with Crippen LogP contribution in [0.1, 0.15) is 11.1 Å². The second-order valence-corrected chi connectivity index (χ2v) is 2.89. The topological polar surface area (TPSA) is 20.2 Å². The first-order valence-electron chi connectivity index (χ1n) is 3.10. The molecule has 1 N–H and O–H groups in total. The molecule has 0 aromatic heterocycles. The van der Waals surface area contributed by atoms with E-state index >= 15 is 0 Å².